The Bertz CT molecular complexity index is 1390. The molecule has 3 heterocycles. The van der Waals surface area contributed by atoms with Crippen LogP contribution < -0.4 is 15.1 Å². The molecule has 6 nitrogen and oxygen atoms in total. The molecule has 0 aliphatic carbocycles. The minimum absolute atomic E-state index is 0.0195. The van der Waals surface area contributed by atoms with Gasteiger partial charge in [-0.25, -0.2) is 4.98 Å². The van der Waals surface area contributed by atoms with Crippen molar-refractivity contribution >= 4 is 34.3 Å². The number of carbonyl (C=O) groups excluding carboxylic acids is 1. The molecule has 0 fully saturated rings. The normalized spacial score (nSPS) is 15.3. The van der Waals surface area contributed by atoms with Crippen LogP contribution in [-0.2, 0) is 0 Å². The summed E-state index contributed by atoms with van der Waals surface area (Å²) >= 11 is 6.13. The Morgan fingerprint density at radius 2 is 1.88 bits per heavy atom. The Morgan fingerprint density at radius 3 is 2.56 bits per heavy atom. The molecule has 0 N–H and O–H groups in total. The predicted molar refractivity (Wildman–Crippen MR) is 123 cm³/mol. The summed E-state index contributed by atoms with van der Waals surface area (Å²) < 4.78 is 11.5. The van der Waals surface area contributed by atoms with Gasteiger partial charge >= 0.3 is 0 Å². The summed E-state index contributed by atoms with van der Waals surface area (Å²) in [4.78, 5) is 33.0. The van der Waals surface area contributed by atoms with Crippen molar-refractivity contribution < 1.29 is 13.9 Å². The molecule has 4 aromatic rings. The van der Waals surface area contributed by atoms with Crippen molar-refractivity contribution in [1.82, 2.24) is 4.98 Å². The van der Waals surface area contributed by atoms with Crippen LogP contribution in [0.5, 0.6) is 5.75 Å². The molecule has 0 radical (unpaired) electrons. The number of rotatable bonds is 4. The summed E-state index contributed by atoms with van der Waals surface area (Å²) in [5.41, 5.74) is 2.01. The Kier molecular flexibility index (Phi) is 4.94. The number of hydrogen-bond donors (Lipinski definition) is 0. The minimum Gasteiger partial charge on any atom is -0.494 e. The Morgan fingerprint density at radius 1 is 1.09 bits per heavy atom. The second-order valence-electron chi connectivity index (χ2n) is 7.59. The highest BCUT2D eigenvalue weighted by Crippen LogP contribution is 2.41. The molecule has 1 unspecified atom stereocenters. The second kappa shape index (κ2) is 7.80. The fourth-order valence-electron chi connectivity index (χ4n) is 4.01. The first-order valence-corrected chi connectivity index (χ1v) is 10.6. The van der Waals surface area contributed by atoms with Crippen molar-refractivity contribution in [3.63, 3.8) is 0 Å². The van der Waals surface area contributed by atoms with E-state index in [1.165, 1.54) is 4.90 Å². The SMILES string of the molecule is CCOc1ccc(C2c3c(oc4ccc(Cl)cc4c3=O)C(=O)N2c2ccc(C)cn2)cc1. The van der Waals surface area contributed by atoms with E-state index in [1.807, 2.05) is 44.2 Å². The van der Waals surface area contributed by atoms with Crippen molar-refractivity contribution in [2.75, 3.05) is 11.5 Å². The smallest absolute Gasteiger partial charge is 0.296 e. The third-order valence-corrected chi connectivity index (χ3v) is 5.72. The Labute approximate surface area is 189 Å². The van der Waals surface area contributed by atoms with E-state index in [9.17, 15) is 9.59 Å². The molecule has 2 aromatic heterocycles. The van der Waals surface area contributed by atoms with Crippen LogP contribution in [0.25, 0.3) is 11.0 Å². The van der Waals surface area contributed by atoms with Gasteiger partial charge in [-0.3, -0.25) is 14.5 Å². The van der Waals surface area contributed by atoms with Crippen molar-refractivity contribution in [2.45, 2.75) is 19.9 Å². The van der Waals surface area contributed by atoms with Gasteiger partial charge in [0.25, 0.3) is 5.91 Å². The van der Waals surface area contributed by atoms with Gasteiger partial charge in [0.15, 0.2) is 5.43 Å². The molecule has 1 aliphatic rings. The summed E-state index contributed by atoms with van der Waals surface area (Å²) in [7, 11) is 0. The maximum atomic E-state index is 13.6. The average Bonchev–Trinajstić information content (AvgIpc) is 3.08. The van der Waals surface area contributed by atoms with E-state index in [0.717, 1.165) is 11.1 Å². The molecule has 5 rings (SSSR count). The highest BCUT2D eigenvalue weighted by Gasteiger charge is 2.44. The highest BCUT2D eigenvalue weighted by atomic mass is 35.5. The maximum absolute atomic E-state index is 13.6. The summed E-state index contributed by atoms with van der Waals surface area (Å²) in [6, 6.07) is 15.1. The first kappa shape index (κ1) is 20.3. The summed E-state index contributed by atoms with van der Waals surface area (Å²) in [5, 5.41) is 0.752. The number of amides is 1. The third kappa shape index (κ3) is 3.24. The molecular formula is C25H19ClN2O4. The van der Waals surface area contributed by atoms with Crippen LogP contribution in [0.1, 0.15) is 40.2 Å². The van der Waals surface area contributed by atoms with E-state index < -0.39 is 11.9 Å². The molecule has 7 heteroatoms. The zero-order valence-electron chi connectivity index (χ0n) is 17.5. The number of benzene rings is 2. The van der Waals surface area contributed by atoms with E-state index in [-0.39, 0.29) is 16.8 Å². The standard InChI is InChI=1S/C25H19ClN2O4/c1-3-31-17-8-5-15(6-9-17)22-21-23(29)18-12-16(26)7-10-19(18)32-24(21)25(30)28(22)20-11-4-14(2)13-27-20/h4-13,22H,3H2,1-2H3. The van der Waals surface area contributed by atoms with Gasteiger partial charge in [-0.1, -0.05) is 29.8 Å². The first-order chi connectivity index (χ1) is 15.5. The highest BCUT2D eigenvalue weighted by molar-refractivity contribution is 6.31. The molecule has 0 saturated heterocycles. The summed E-state index contributed by atoms with van der Waals surface area (Å²) in [6.07, 6.45) is 1.69. The monoisotopic (exact) mass is 446 g/mol. The fourth-order valence-corrected chi connectivity index (χ4v) is 4.18. The van der Waals surface area contributed by atoms with Gasteiger partial charge in [-0.2, -0.15) is 0 Å². The molecule has 0 spiro atoms. The number of aromatic nitrogens is 1. The maximum Gasteiger partial charge on any atom is 0.296 e. The average molecular weight is 447 g/mol. The molecule has 32 heavy (non-hydrogen) atoms. The number of nitrogens with zero attached hydrogens (tertiary/aromatic N) is 2. The van der Waals surface area contributed by atoms with Crippen LogP contribution in [0.3, 0.4) is 0 Å². The number of aryl methyl sites for hydroxylation is 1. The third-order valence-electron chi connectivity index (χ3n) is 5.48. The summed E-state index contributed by atoms with van der Waals surface area (Å²) in [5.74, 6) is 0.751. The number of carbonyl (C=O) groups is 1. The van der Waals surface area contributed by atoms with Crippen molar-refractivity contribution in [2.24, 2.45) is 0 Å². The topological polar surface area (TPSA) is 72.6 Å². The molecular weight excluding hydrogens is 428 g/mol. The number of hydrogen-bond acceptors (Lipinski definition) is 5. The van der Waals surface area contributed by atoms with E-state index >= 15 is 0 Å². The number of pyridine rings is 1. The van der Waals surface area contributed by atoms with Crippen molar-refractivity contribution in [3.8, 4) is 5.75 Å². The molecule has 160 valence electrons. The molecule has 1 amide bonds. The van der Waals surface area contributed by atoms with Crippen LogP contribution in [0.2, 0.25) is 5.02 Å². The zero-order valence-corrected chi connectivity index (χ0v) is 18.2. The molecule has 2 aromatic carbocycles. The quantitative estimate of drug-likeness (QED) is 0.425. The number of anilines is 1. The van der Waals surface area contributed by atoms with Gasteiger partial charge in [-0.05, 0) is 61.4 Å². The lowest BCUT2D eigenvalue weighted by atomic mass is 9.98. The molecule has 0 bridgehead atoms. The van der Waals surface area contributed by atoms with E-state index in [1.54, 1.807) is 30.5 Å². The lowest BCUT2D eigenvalue weighted by Gasteiger charge is -2.24. The Balaban J connectivity index is 1.76. The van der Waals surface area contributed by atoms with Crippen LogP contribution in [0, 0.1) is 6.92 Å². The van der Waals surface area contributed by atoms with Gasteiger partial charge in [-0.15, -0.1) is 0 Å². The number of ether oxygens (including phenoxy) is 1. The lowest BCUT2D eigenvalue weighted by molar-refractivity contribution is 0.0970. The van der Waals surface area contributed by atoms with Crippen LogP contribution in [0.4, 0.5) is 5.82 Å². The number of fused-ring (bicyclic) bond motifs is 2. The molecule has 1 atom stereocenters. The second-order valence-corrected chi connectivity index (χ2v) is 8.02. The van der Waals surface area contributed by atoms with Gasteiger partial charge in [0.05, 0.1) is 23.6 Å². The van der Waals surface area contributed by atoms with Crippen molar-refractivity contribution in [1.29, 1.82) is 0 Å². The molecule has 1 aliphatic heterocycles. The van der Waals surface area contributed by atoms with Gasteiger partial charge in [0.1, 0.15) is 17.2 Å². The van der Waals surface area contributed by atoms with Crippen LogP contribution in [0.15, 0.2) is 70.0 Å². The number of halogens is 1. The lowest BCUT2D eigenvalue weighted by Crippen LogP contribution is -2.30. The molecule has 0 saturated carbocycles. The van der Waals surface area contributed by atoms with E-state index in [4.69, 9.17) is 20.8 Å². The first-order valence-electron chi connectivity index (χ1n) is 10.2. The predicted octanol–water partition coefficient (Wildman–Crippen LogP) is 5.30. The van der Waals surface area contributed by atoms with E-state index in [0.29, 0.717) is 34.2 Å². The fraction of sp³-hybridized carbons (Fsp3) is 0.160. The van der Waals surface area contributed by atoms with Gasteiger partial charge in [0, 0.05) is 11.2 Å². The minimum atomic E-state index is -0.692. The zero-order chi connectivity index (χ0) is 22.4. The summed E-state index contributed by atoms with van der Waals surface area (Å²) in [6.45, 7) is 4.37. The van der Waals surface area contributed by atoms with Gasteiger partial charge in [0.2, 0.25) is 5.76 Å². The van der Waals surface area contributed by atoms with Crippen LogP contribution in [-0.4, -0.2) is 17.5 Å². The van der Waals surface area contributed by atoms with Gasteiger partial charge < -0.3 is 9.15 Å². The Hall–Kier alpha value is -3.64. The largest absolute Gasteiger partial charge is 0.494 e. The van der Waals surface area contributed by atoms with Crippen molar-refractivity contribution in [3.05, 3.63) is 98.5 Å². The van der Waals surface area contributed by atoms with Crippen LogP contribution >= 0.6 is 11.6 Å². The van der Waals surface area contributed by atoms with E-state index in [2.05, 4.69) is 4.98 Å².